The second-order valence-corrected chi connectivity index (χ2v) is 9.97. The highest BCUT2D eigenvalue weighted by Crippen LogP contribution is 2.42. The Labute approximate surface area is 158 Å². The minimum atomic E-state index is 0.866. The van der Waals surface area contributed by atoms with Crippen LogP contribution in [0.15, 0.2) is 12.2 Å². The van der Waals surface area contributed by atoms with Gasteiger partial charge in [-0.3, -0.25) is 0 Å². The minimum absolute atomic E-state index is 0.866. The molecular weight excluding hydrogens is 300 g/mol. The molecule has 3 aliphatic rings. The van der Waals surface area contributed by atoms with E-state index < -0.39 is 0 Å². The molecule has 0 heteroatoms. The Bertz CT molecular complexity index is 377. The van der Waals surface area contributed by atoms with Crippen LogP contribution in [-0.2, 0) is 0 Å². The first-order chi connectivity index (χ1) is 12.2. The number of allylic oxidation sites excluding steroid dienone is 1. The second-order valence-electron chi connectivity index (χ2n) is 9.97. The van der Waals surface area contributed by atoms with E-state index in [0.29, 0.717) is 0 Å². The first-order valence-corrected chi connectivity index (χ1v) is 11.9. The van der Waals surface area contributed by atoms with Crippen LogP contribution in [0.5, 0.6) is 0 Å². The molecule has 0 radical (unpaired) electrons. The Morgan fingerprint density at radius 3 is 1.76 bits per heavy atom. The van der Waals surface area contributed by atoms with Gasteiger partial charge in [-0.15, -0.1) is 0 Å². The molecule has 2 atom stereocenters. The van der Waals surface area contributed by atoms with Gasteiger partial charge in [-0.1, -0.05) is 103 Å². The molecule has 0 bridgehead atoms. The van der Waals surface area contributed by atoms with Crippen molar-refractivity contribution >= 4 is 0 Å². The minimum Gasteiger partial charge on any atom is -0.0996 e. The summed E-state index contributed by atoms with van der Waals surface area (Å²) in [4.78, 5) is 0. The molecular formula is C25H44. The van der Waals surface area contributed by atoms with Crippen LogP contribution >= 0.6 is 0 Å². The quantitative estimate of drug-likeness (QED) is 0.407. The fourth-order valence-electron chi connectivity index (χ4n) is 6.44. The summed E-state index contributed by atoms with van der Waals surface area (Å²) >= 11 is 0. The molecule has 0 aromatic carbocycles. The van der Waals surface area contributed by atoms with Crippen LogP contribution < -0.4 is 0 Å². The normalized spacial score (nSPS) is 27.1. The van der Waals surface area contributed by atoms with Crippen LogP contribution in [0.4, 0.5) is 0 Å². The van der Waals surface area contributed by atoms with Crippen LogP contribution in [0, 0.1) is 29.6 Å². The van der Waals surface area contributed by atoms with Gasteiger partial charge in [0.2, 0.25) is 0 Å². The van der Waals surface area contributed by atoms with E-state index in [0.717, 1.165) is 29.6 Å². The molecule has 0 aromatic rings. The van der Waals surface area contributed by atoms with E-state index in [4.69, 9.17) is 0 Å². The standard InChI is InChI=1S/C25H44/c1-20(22-12-6-3-7-13-22)18-25(24-16-10-5-11-17-24)19-21(2)23-14-8-4-9-15-23/h21-25H,1,3-19H2,2H3. The monoisotopic (exact) mass is 344 g/mol. The maximum atomic E-state index is 4.63. The first kappa shape index (κ1) is 19.5. The van der Waals surface area contributed by atoms with E-state index in [-0.39, 0.29) is 0 Å². The number of hydrogen-bond donors (Lipinski definition) is 0. The summed E-state index contributed by atoms with van der Waals surface area (Å²) in [6.45, 7) is 7.23. The highest BCUT2D eigenvalue weighted by molar-refractivity contribution is 5.04. The zero-order valence-corrected chi connectivity index (χ0v) is 17.1. The molecule has 2 unspecified atom stereocenters. The average molecular weight is 345 g/mol. The molecule has 0 aromatic heterocycles. The zero-order chi connectivity index (χ0) is 17.5. The molecule has 3 aliphatic carbocycles. The van der Waals surface area contributed by atoms with E-state index in [9.17, 15) is 0 Å². The number of hydrogen-bond acceptors (Lipinski definition) is 0. The summed E-state index contributed by atoms with van der Waals surface area (Å²) in [7, 11) is 0. The van der Waals surface area contributed by atoms with Crippen LogP contribution in [0.25, 0.3) is 0 Å². The molecule has 0 heterocycles. The van der Waals surface area contributed by atoms with Gasteiger partial charge in [0.15, 0.2) is 0 Å². The predicted molar refractivity (Wildman–Crippen MR) is 111 cm³/mol. The van der Waals surface area contributed by atoms with Crippen LogP contribution in [0.1, 0.15) is 116 Å². The van der Waals surface area contributed by atoms with Gasteiger partial charge in [0.1, 0.15) is 0 Å². The Morgan fingerprint density at radius 2 is 1.20 bits per heavy atom. The number of rotatable bonds is 7. The summed E-state index contributed by atoms with van der Waals surface area (Å²) in [5.74, 6) is 4.81. The van der Waals surface area contributed by atoms with Crippen LogP contribution in [-0.4, -0.2) is 0 Å². The van der Waals surface area contributed by atoms with Gasteiger partial charge in [-0.25, -0.2) is 0 Å². The van der Waals surface area contributed by atoms with E-state index >= 15 is 0 Å². The lowest BCUT2D eigenvalue weighted by Crippen LogP contribution is -2.25. The highest BCUT2D eigenvalue weighted by atomic mass is 14.4. The van der Waals surface area contributed by atoms with Gasteiger partial charge in [-0.2, -0.15) is 0 Å². The van der Waals surface area contributed by atoms with E-state index in [1.807, 2.05) is 0 Å². The van der Waals surface area contributed by atoms with Crippen molar-refractivity contribution in [1.29, 1.82) is 0 Å². The molecule has 3 fully saturated rings. The van der Waals surface area contributed by atoms with Crippen molar-refractivity contribution in [2.24, 2.45) is 29.6 Å². The van der Waals surface area contributed by atoms with Crippen molar-refractivity contribution < 1.29 is 0 Å². The third kappa shape index (κ3) is 5.86. The summed E-state index contributed by atoms with van der Waals surface area (Å²) in [6, 6.07) is 0. The Kier molecular flexibility index (Phi) is 7.93. The van der Waals surface area contributed by atoms with Crippen LogP contribution in [0.3, 0.4) is 0 Å². The molecule has 3 rings (SSSR count). The Balaban J connectivity index is 1.58. The van der Waals surface area contributed by atoms with E-state index in [1.165, 1.54) is 109 Å². The van der Waals surface area contributed by atoms with Crippen molar-refractivity contribution in [1.82, 2.24) is 0 Å². The fourth-order valence-corrected chi connectivity index (χ4v) is 6.44. The fraction of sp³-hybridized carbons (Fsp3) is 0.920. The Hall–Kier alpha value is -0.260. The third-order valence-electron chi connectivity index (χ3n) is 8.15. The molecule has 0 N–H and O–H groups in total. The molecule has 3 saturated carbocycles. The highest BCUT2D eigenvalue weighted by Gasteiger charge is 2.30. The van der Waals surface area contributed by atoms with Gasteiger partial charge in [0.25, 0.3) is 0 Å². The SMILES string of the molecule is C=C(CC(CC(C)C1CCCCC1)C1CCCCC1)C1CCCCC1. The van der Waals surface area contributed by atoms with Gasteiger partial charge >= 0.3 is 0 Å². The summed E-state index contributed by atoms with van der Waals surface area (Å²) in [6.07, 6.45) is 25.2. The maximum Gasteiger partial charge on any atom is -0.0206 e. The summed E-state index contributed by atoms with van der Waals surface area (Å²) in [5.41, 5.74) is 1.64. The van der Waals surface area contributed by atoms with Gasteiger partial charge < -0.3 is 0 Å². The topological polar surface area (TPSA) is 0 Å². The van der Waals surface area contributed by atoms with Crippen molar-refractivity contribution in [3.63, 3.8) is 0 Å². The summed E-state index contributed by atoms with van der Waals surface area (Å²) < 4.78 is 0. The molecule has 0 nitrogen and oxygen atoms in total. The lowest BCUT2D eigenvalue weighted by Gasteiger charge is -2.37. The third-order valence-corrected chi connectivity index (χ3v) is 8.15. The predicted octanol–water partition coefficient (Wildman–Crippen LogP) is 8.32. The van der Waals surface area contributed by atoms with E-state index in [2.05, 4.69) is 13.5 Å². The largest absolute Gasteiger partial charge is 0.0996 e. The van der Waals surface area contributed by atoms with Crippen molar-refractivity contribution in [3.05, 3.63) is 12.2 Å². The van der Waals surface area contributed by atoms with Crippen LogP contribution in [0.2, 0.25) is 0 Å². The van der Waals surface area contributed by atoms with Gasteiger partial charge in [0.05, 0.1) is 0 Å². The van der Waals surface area contributed by atoms with Gasteiger partial charge in [-0.05, 0) is 55.3 Å². The molecule has 144 valence electrons. The molecule has 0 spiro atoms. The van der Waals surface area contributed by atoms with Crippen molar-refractivity contribution in [3.8, 4) is 0 Å². The van der Waals surface area contributed by atoms with E-state index in [1.54, 1.807) is 5.57 Å². The van der Waals surface area contributed by atoms with Crippen molar-refractivity contribution in [2.45, 2.75) is 116 Å². The second kappa shape index (κ2) is 10.2. The zero-order valence-electron chi connectivity index (χ0n) is 17.1. The van der Waals surface area contributed by atoms with Gasteiger partial charge in [0, 0.05) is 0 Å². The lowest BCUT2D eigenvalue weighted by molar-refractivity contribution is 0.165. The van der Waals surface area contributed by atoms with Crippen molar-refractivity contribution in [2.75, 3.05) is 0 Å². The maximum absolute atomic E-state index is 4.63. The lowest BCUT2D eigenvalue weighted by atomic mass is 9.69. The molecule has 0 saturated heterocycles. The molecule has 25 heavy (non-hydrogen) atoms. The molecule has 0 amide bonds. The first-order valence-electron chi connectivity index (χ1n) is 11.9. The summed E-state index contributed by atoms with van der Waals surface area (Å²) in [5, 5.41) is 0. The molecule has 0 aliphatic heterocycles. The Morgan fingerprint density at radius 1 is 0.720 bits per heavy atom. The smallest absolute Gasteiger partial charge is 0.0206 e. The average Bonchev–Trinajstić information content (AvgIpc) is 2.69.